The van der Waals surface area contributed by atoms with Crippen molar-refractivity contribution in [3.8, 4) is 0 Å². The molecule has 7 heteroatoms. The smallest absolute Gasteiger partial charge is 0.313 e. The molecule has 1 saturated heterocycles. The summed E-state index contributed by atoms with van der Waals surface area (Å²) >= 11 is 0. The van der Waals surface area contributed by atoms with Gasteiger partial charge in [-0.3, -0.25) is 14.4 Å². The molecule has 0 aliphatic carbocycles. The summed E-state index contributed by atoms with van der Waals surface area (Å²) in [5.74, 6) is -2.30. The molecule has 1 aliphatic rings. The second-order valence-electron chi connectivity index (χ2n) is 9.90. The summed E-state index contributed by atoms with van der Waals surface area (Å²) in [6.07, 6.45) is 3.98. The minimum atomic E-state index is -1.43. The van der Waals surface area contributed by atoms with Gasteiger partial charge in [-0.05, 0) is 45.6 Å². The van der Waals surface area contributed by atoms with Crippen LogP contribution in [-0.2, 0) is 30.3 Å². The average molecular weight is 476 g/mol. The van der Waals surface area contributed by atoms with E-state index in [-0.39, 0.29) is 6.42 Å². The lowest BCUT2D eigenvalue weighted by molar-refractivity contribution is -0.182. The number of ether oxygens (including phenoxy) is 2. The van der Waals surface area contributed by atoms with E-state index < -0.39 is 47.6 Å². The largest absolute Gasteiger partial charge is 0.461 e. The monoisotopic (exact) mass is 475 g/mol. The Bertz CT molecular complexity index is 809. The number of likely N-dealkylation sites (N-methyl/N-ethyl adjacent to an activating group) is 1. The topological polar surface area (TPSA) is 93.1 Å². The molecular weight excluding hydrogens is 434 g/mol. The number of unbranched alkanes of at least 4 members (excludes halogenated alkanes) is 4. The number of aliphatic hydroxyl groups excluding tert-OH is 1. The minimum absolute atomic E-state index is 0.260. The Balaban J connectivity index is 2.28. The summed E-state index contributed by atoms with van der Waals surface area (Å²) in [5.41, 5.74) is -0.510. The summed E-state index contributed by atoms with van der Waals surface area (Å²) in [4.78, 5) is 40.5. The van der Waals surface area contributed by atoms with E-state index in [0.29, 0.717) is 12.8 Å². The zero-order valence-corrected chi connectivity index (χ0v) is 21.3. The number of carbonyl (C=O) groups is 3. The van der Waals surface area contributed by atoms with Gasteiger partial charge in [-0.2, -0.15) is 0 Å². The maximum Gasteiger partial charge on any atom is 0.313 e. The SMILES string of the molecule is CCCCCCCC1OC(=O)C[C@@H](O)[C@H](Cc2ccccc2)N(C)C(=O)C(C)(C)OC(=O)[C@H]1C. The van der Waals surface area contributed by atoms with Crippen molar-refractivity contribution < 1.29 is 29.0 Å². The van der Waals surface area contributed by atoms with Gasteiger partial charge in [0.25, 0.3) is 5.91 Å². The Morgan fingerprint density at radius 2 is 1.71 bits per heavy atom. The number of aliphatic hydroxyl groups is 1. The molecule has 0 spiro atoms. The van der Waals surface area contributed by atoms with Gasteiger partial charge in [-0.25, -0.2) is 0 Å². The van der Waals surface area contributed by atoms with Crippen LogP contribution in [0.15, 0.2) is 30.3 Å². The predicted octanol–water partition coefficient (Wildman–Crippen LogP) is 4.05. The van der Waals surface area contributed by atoms with Crippen molar-refractivity contribution in [3.05, 3.63) is 35.9 Å². The second-order valence-corrected chi connectivity index (χ2v) is 9.90. The predicted molar refractivity (Wildman–Crippen MR) is 130 cm³/mol. The van der Waals surface area contributed by atoms with E-state index in [1.165, 1.54) is 4.90 Å². The zero-order chi connectivity index (χ0) is 25.3. The van der Waals surface area contributed by atoms with Crippen molar-refractivity contribution in [2.45, 2.75) is 103 Å². The number of hydrogen-bond acceptors (Lipinski definition) is 6. The first-order valence-electron chi connectivity index (χ1n) is 12.5. The molecule has 1 aromatic carbocycles. The Morgan fingerprint density at radius 1 is 1.06 bits per heavy atom. The van der Waals surface area contributed by atoms with Gasteiger partial charge in [-0.15, -0.1) is 0 Å². The van der Waals surface area contributed by atoms with Crippen LogP contribution in [0.25, 0.3) is 0 Å². The molecule has 34 heavy (non-hydrogen) atoms. The third-order valence-corrected chi connectivity index (χ3v) is 6.60. The van der Waals surface area contributed by atoms with Gasteiger partial charge < -0.3 is 19.5 Å². The molecule has 1 aromatic rings. The van der Waals surface area contributed by atoms with Gasteiger partial charge >= 0.3 is 11.9 Å². The fourth-order valence-corrected chi connectivity index (χ4v) is 4.39. The standard InChI is InChI=1S/C27H41NO6/c1-6-7-8-9-13-16-23-19(2)25(31)34-27(3,4)26(32)28(5)21(22(29)18-24(30)33-23)17-20-14-11-10-12-15-20/h10-12,14-15,19,21-23,29H,6-9,13,16-18H2,1-5H3/t19-,21-,22+,23?/m0/s1. The van der Waals surface area contributed by atoms with Crippen molar-refractivity contribution in [2.75, 3.05) is 7.05 Å². The van der Waals surface area contributed by atoms with E-state index in [1.807, 2.05) is 30.3 Å². The number of nitrogens with zero attached hydrogens (tertiary/aromatic N) is 1. The normalized spacial score (nSPS) is 26.3. The van der Waals surface area contributed by atoms with E-state index in [9.17, 15) is 19.5 Å². The molecular formula is C27H41NO6. The van der Waals surface area contributed by atoms with Crippen molar-refractivity contribution in [1.29, 1.82) is 0 Å². The summed E-state index contributed by atoms with van der Waals surface area (Å²) in [5, 5.41) is 11.0. The van der Waals surface area contributed by atoms with Gasteiger partial charge in [0, 0.05) is 7.05 Å². The van der Waals surface area contributed by atoms with Gasteiger partial charge in [-0.1, -0.05) is 62.9 Å². The number of benzene rings is 1. The van der Waals surface area contributed by atoms with Crippen LogP contribution in [-0.4, -0.2) is 58.8 Å². The Labute approximate surface area is 203 Å². The molecule has 2 rings (SSSR count). The molecule has 0 aromatic heterocycles. The minimum Gasteiger partial charge on any atom is -0.461 e. The van der Waals surface area contributed by atoms with Crippen LogP contribution < -0.4 is 0 Å². The van der Waals surface area contributed by atoms with Crippen LogP contribution in [0, 0.1) is 5.92 Å². The van der Waals surface area contributed by atoms with E-state index >= 15 is 0 Å². The molecule has 1 fully saturated rings. The molecule has 1 N–H and O–H groups in total. The first kappa shape index (κ1) is 27.8. The fraction of sp³-hybridized carbons (Fsp3) is 0.667. The Kier molecular flexibility index (Phi) is 10.5. The summed E-state index contributed by atoms with van der Waals surface area (Å²) in [6, 6.07) is 8.77. The molecule has 0 saturated carbocycles. The summed E-state index contributed by atoms with van der Waals surface area (Å²) in [6.45, 7) is 6.92. The molecule has 1 heterocycles. The first-order valence-corrected chi connectivity index (χ1v) is 12.5. The number of esters is 2. The van der Waals surface area contributed by atoms with Crippen molar-refractivity contribution in [2.24, 2.45) is 5.92 Å². The van der Waals surface area contributed by atoms with Crippen LogP contribution in [0.2, 0.25) is 0 Å². The third-order valence-electron chi connectivity index (χ3n) is 6.60. The lowest BCUT2D eigenvalue weighted by atomic mass is 9.94. The molecule has 4 atom stereocenters. The maximum absolute atomic E-state index is 13.3. The van der Waals surface area contributed by atoms with E-state index in [2.05, 4.69) is 6.92 Å². The lowest BCUT2D eigenvalue weighted by Gasteiger charge is -2.38. The quantitative estimate of drug-likeness (QED) is 0.450. The number of carbonyl (C=O) groups excluding carboxylic acids is 3. The molecule has 1 aliphatic heterocycles. The molecule has 190 valence electrons. The number of cyclic esters (lactones) is 2. The number of rotatable bonds is 8. The first-order chi connectivity index (χ1) is 16.1. The van der Waals surface area contributed by atoms with Crippen LogP contribution in [0.4, 0.5) is 0 Å². The maximum atomic E-state index is 13.3. The van der Waals surface area contributed by atoms with Gasteiger partial charge in [0.05, 0.1) is 24.5 Å². The highest BCUT2D eigenvalue weighted by molar-refractivity contribution is 5.88. The van der Waals surface area contributed by atoms with Crippen molar-refractivity contribution in [3.63, 3.8) is 0 Å². The highest BCUT2D eigenvalue weighted by atomic mass is 16.6. The Hall–Kier alpha value is -2.41. The van der Waals surface area contributed by atoms with E-state index in [0.717, 1.165) is 37.7 Å². The lowest BCUT2D eigenvalue weighted by Crippen LogP contribution is -2.55. The molecule has 1 amide bonds. The summed E-state index contributed by atoms with van der Waals surface area (Å²) < 4.78 is 11.4. The highest BCUT2D eigenvalue weighted by Gasteiger charge is 2.42. The second kappa shape index (κ2) is 12.9. The van der Waals surface area contributed by atoms with Gasteiger partial charge in [0.15, 0.2) is 5.60 Å². The fourth-order valence-electron chi connectivity index (χ4n) is 4.39. The molecule has 0 radical (unpaired) electrons. The van der Waals surface area contributed by atoms with Gasteiger partial charge in [0.1, 0.15) is 6.10 Å². The number of amides is 1. The van der Waals surface area contributed by atoms with Crippen LogP contribution in [0.3, 0.4) is 0 Å². The molecule has 0 bridgehead atoms. The summed E-state index contributed by atoms with van der Waals surface area (Å²) in [7, 11) is 1.56. The van der Waals surface area contributed by atoms with Crippen molar-refractivity contribution in [1.82, 2.24) is 4.90 Å². The number of hydrogen-bond donors (Lipinski definition) is 1. The highest BCUT2D eigenvalue weighted by Crippen LogP contribution is 2.26. The van der Waals surface area contributed by atoms with E-state index in [1.54, 1.807) is 27.8 Å². The van der Waals surface area contributed by atoms with Crippen LogP contribution in [0.5, 0.6) is 0 Å². The van der Waals surface area contributed by atoms with E-state index in [4.69, 9.17) is 9.47 Å². The Morgan fingerprint density at radius 3 is 2.35 bits per heavy atom. The molecule has 7 nitrogen and oxygen atoms in total. The zero-order valence-electron chi connectivity index (χ0n) is 21.3. The molecule has 1 unspecified atom stereocenters. The van der Waals surface area contributed by atoms with Crippen LogP contribution >= 0.6 is 0 Å². The van der Waals surface area contributed by atoms with Gasteiger partial charge in [0.2, 0.25) is 0 Å². The van der Waals surface area contributed by atoms with Crippen LogP contribution in [0.1, 0.15) is 78.2 Å². The average Bonchev–Trinajstić information content (AvgIpc) is 2.79. The van der Waals surface area contributed by atoms with Crippen molar-refractivity contribution >= 4 is 17.8 Å². The third kappa shape index (κ3) is 7.83.